The van der Waals surface area contributed by atoms with Crippen LogP contribution in [0.25, 0.3) is 0 Å². The molecule has 110 valence electrons. The van der Waals surface area contributed by atoms with Gasteiger partial charge < -0.3 is 0 Å². The minimum Gasteiger partial charge on any atom is -0.297 e. The van der Waals surface area contributed by atoms with E-state index in [1.807, 2.05) is 0 Å². The van der Waals surface area contributed by atoms with Crippen LogP contribution in [0.5, 0.6) is 0 Å². The number of hydrogen-bond donors (Lipinski definition) is 0. The third-order valence-corrected chi connectivity index (χ3v) is 5.34. The Morgan fingerprint density at radius 3 is 2.15 bits per heavy atom. The summed E-state index contributed by atoms with van der Waals surface area (Å²) >= 11 is 0. The summed E-state index contributed by atoms with van der Waals surface area (Å²) in [5.74, 6) is 0.160. The monoisotopic (exact) mass is 277 g/mol. The van der Waals surface area contributed by atoms with E-state index < -0.39 is 0 Å². The zero-order valence-corrected chi connectivity index (χ0v) is 12.1. The van der Waals surface area contributed by atoms with E-state index >= 15 is 0 Å². The van der Waals surface area contributed by atoms with Crippen LogP contribution < -0.4 is 0 Å². The van der Waals surface area contributed by atoms with Crippen LogP contribution in [0.1, 0.15) is 51.9 Å². The first-order valence-electron chi connectivity index (χ1n) is 7.96. The lowest BCUT2D eigenvalue weighted by Gasteiger charge is -2.23. The van der Waals surface area contributed by atoms with E-state index in [1.165, 1.54) is 11.3 Å². The molecule has 2 amide bonds. The van der Waals surface area contributed by atoms with Crippen LogP contribution >= 0.6 is 0 Å². The molecule has 2 aliphatic carbocycles. The smallest absolute Gasteiger partial charge is 0.233 e. The Morgan fingerprint density at radius 2 is 1.60 bits per heavy atom. The van der Waals surface area contributed by atoms with Crippen molar-refractivity contribution in [2.45, 2.75) is 51.9 Å². The van der Waals surface area contributed by atoms with Crippen molar-refractivity contribution >= 4 is 17.6 Å². The Balaban J connectivity index is 1.65. The van der Waals surface area contributed by atoms with Crippen molar-refractivity contribution in [2.75, 3.05) is 6.54 Å². The number of carbonyl (C=O) groups is 3. The second-order valence-corrected chi connectivity index (χ2v) is 6.85. The third kappa shape index (κ3) is 2.29. The SMILES string of the molecule is CC1CC2C(=O)N(CC(=O)C3CCCCC3)C(=O)C2C1. The van der Waals surface area contributed by atoms with Crippen molar-refractivity contribution < 1.29 is 14.4 Å². The van der Waals surface area contributed by atoms with E-state index in [0.29, 0.717) is 5.92 Å². The van der Waals surface area contributed by atoms with E-state index in [1.54, 1.807) is 0 Å². The molecule has 3 rings (SSSR count). The van der Waals surface area contributed by atoms with E-state index in [0.717, 1.165) is 38.5 Å². The van der Waals surface area contributed by atoms with Crippen LogP contribution in [-0.2, 0) is 14.4 Å². The zero-order chi connectivity index (χ0) is 14.3. The molecule has 0 aromatic heterocycles. The topological polar surface area (TPSA) is 54.5 Å². The predicted molar refractivity (Wildman–Crippen MR) is 73.7 cm³/mol. The molecule has 4 heteroatoms. The lowest BCUT2D eigenvalue weighted by atomic mass is 9.86. The van der Waals surface area contributed by atoms with Gasteiger partial charge in [0.15, 0.2) is 5.78 Å². The summed E-state index contributed by atoms with van der Waals surface area (Å²) in [7, 11) is 0. The average molecular weight is 277 g/mol. The van der Waals surface area contributed by atoms with Crippen LogP contribution in [0.15, 0.2) is 0 Å². The highest BCUT2D eigenvalue weighted by Gasteiger charge is 2.52. The second kappa shape index (κ2) is 5.30. The first-order valence-corrected chi connectivity index (χ1v) is 7.96. The molecule has 1 aliphatic heterocycles. The number of imide groups is 1. The molecular weight excluding hydrogens is 254 g/mol. The molecule has 4 nitrogen and oxygen atoms in total. The summed E-state index contributed by atoms with van der Waals surface area (Å²) in [5, 5.41) is 0. The Bertz CT molecular complexity index is 415. The van der Waals surface area contributed by atoms with Crippen molar-refractivity contribution in [1.29, 1.82) is 0 Å². The molecule has 3 aliphatic rings. The minimum absolute atomic E-state index is 0.0315. The molecule has 0 aromatic carbocycles. The maximum absolute atomic E-state index is 12.3. The Morgan fingerprint density at radius 1 is 1.05 bits per heavy atom. The number of rotatable bonds is 3. The first-order chi connectivity index (χ1) is 9.58. The van der Waals surface area contributed by atoms with E-state index in [4.69, 9.17) is 0 Å². The highest BCUT2D eigenvalue weighted by Crippen LogP contribution is 2.43. The van der Waals surface area contributed by atoms with Crippen molar-refractivity contribution in [3.8, 4) is 0 Å². The molecule has 1 heterocycles. The maximum atomic E-state index is 12.3. The van der Waals surface area contributed by atoms with Gasteiger partial charge in [0, 0.05) is 5.92 Å². The van der Waals surface area contributed by atoms with Gasteiger partial charge in [-0.05, 0) is 31.6 Å². The molecule has 2 atom stereocenters. The minimum atomic E-state index is -0.142. The number of hydrogen-bond acceptors (Lipinski definition) is 3. The first kappa shape index (κ1) is 13.8. The molecule has 3 fully saturated rings. The van der Waals surface area contributed by atoms with Crippen LogP contribution in [0.4, 0.5) is 0 Å². The van der Waals surface area contributed by atoms with Crippen molar-refractivity contribution in [1.82, 2.24) is 4.90 Å². The predicted octanol–water partition coefficient (Wildman–Crippen LogP) is 2.17. The van der Waals surface area contributed by atoms with Crippen LogP contribution in [0.2, 0.25) is 0 Å². The van der Waals surface area contributed by atoms with Crippen molar-refractivity contribution in [3.63, 3.8) is 0 Å². The summed E-state index contributed by atoms with van der Waals surface area (Å²) in [6, 6.07) is 0. The van der Waals surface area contributed by atoms with Crippen molar-refractivity contribution in [2.24, 2.45) is 23.7 Å². The highest BCUT2D eigenvalue weighted by molar-refractivity contribution is 6.08. The molecule has 1 saturated heterocycles. The Labute approximate surface area is 119 Å². The number of fused-ring (bicyclic) bond motifs is 1. The fourth-order valence-electron chi connectivity index (χ4n) is 4.21. The van der Waals surface area contributed by atoms with Gasteiger partial charge in [0.25, 0.3) is 0 Å². The Kier molecular flexibility index (Phi) is 3.65. The van der Waals surface area contributed by atoms with E-state index in [2.05, 4.69) is 6.92 Å². The van der Waals surface area contributed by atoms with E-state index in [9.17, 15) is 14.4 Å². The van der Waals surface area contributed by atoms with Crippen LogP contribution in [0, 0.1) is 23.7 Å². The fourth-order valence-corrected chi connectivity index (χ4v) is 4.21. The van der Waals surface area contributed by atoms with Gasteiger partial charge in [-0.1, -0.05) is 26.2 Å². The maximum Gasteiger partial charge on any atom is 0.233 e. The van der Waals surface area contributed by atoms with Gasteiger partial charge in [-0.25, -0.2) is 0 Å². The molecule has 20 heavy (non-hydrogen) atoms. The fraction of sp³-hybridized carbons (Fsp3) is 0.812. The summed E-state index contributed by atoms with van der Waals surface area (Å²) in [6.07, 6.45) is 6.88. The third-order valence-electron chi connectivity index (χ3n) is 5.34. The molecule has 0 N–H and O–H groups in total. The van der Waals surface area contributed by atoms with Crippen molar-refractivity contribution in [3.05, 3.63) is 0 Å². The van der Waals surface area contributed by atoms with Crippen LogP contribution in [0.3, 0.4) is 0 Å². The Hall–Kier alpha value is -1.19. The van der Waals surface area contributed by atoms with Gasteiger partial charge in [-0.15, -0.1) is 0 Å². The van der Waals surface area contributed by atoms with Gasteiger partial charge in [0.1, 0.15) is 0 Å². The van der Waals surface area contributed by atoms with Gasteiger partial charge >= 0.3 is 0 Å². The summed E-state index contributed by atoms with van der Waals surface area (Å²) < 4.78 is 0. The standard InChI is InChI=1S/C16H23NO3/c1-10-7-12-13(8-10)16(20)17(15(12)19)9-14(18)11-5-3-2-4-6-11/h10-13H,2-9H2,1H3. The summed E-state index contributed by atoms with van der Waals surface area (Å²) in [5.41, 5.74) is 0. The molecule has 0 radical (unpaired) electrons. The summed E-state index contributed by atoms with van der Waals surface area (Å²) in [4.78, 5) is 38.2. The van der Waals surface area contributed by atoms with Gasteiger partial charge in [0.2, 0.25) is 11.8 Å². The second-order valence-electron chi connectivity index (χ2n) is 6.85. The number of ketones is 1. The number of nitrogens with zero attached hydrogens (tertiary/aromatic N) is 1. The normalized spacial score (nSPS) is 34.6. The molecule has 2 saturated carbocycles. The zero-order valence-electron chi connectivity index (χ0n) is 12.1. The highest BCUT2D eigenvalue weighted by atomic mass is 16.2. The number of likely N-dealkylation sites (tertiary alicyclic amines) is 1. The molecule has 0 aromatic rings. The quantitative estimate of drug-likeness (QED) is 0.743. The lowest BCUT2D eigenvalue weighted by molar-refractivity contribution is -0.144. The lowest BCUT2D eigenvalue weighted by Crippen LogP contribution is -2.39. The van der Waals surface area contributed by atoms with E-state index in [-0.39, 0.29) is 41.9 Å². The van der Waals surface area contributed by atoms with Gasteiger partial charge in [-0.3, -0.25) is 19.3 Å². The molecular formula is C16H23NO3. The average Bonchev–Trinajstić information content (AvgIpc) is 2.93. The summed E-state index contributed by atoms with van der Waals surface area (Å²) in [6.45, 7) is 2.13. The molecule has 0 spiro atoms. The van der Waals surface area contributed by atoms with Gasteiger partial charge in [-0.2, -0.15) is 0 Å². The largest absolute Gasteiger partial charge is 0.297 e. The number of amides is 2. The van der Waals surface area contributed by atoms with Crippen LogP contribution in [-0.4, -0.2) is 29.0 Å². The number of carbonyl (C=O) groups excluding carboxylic acids is 3. The number of Topliss-reactive ketones (excluding diaryl/α,β-unsaturated/α-hetero) is 1. The van der Waals surface area contributed by atoms with Gasteiger partial charge in [0.05, 0.1) is 18.4 Å². The molecule has 2 unspecified atom stereocenters. The molecule has 0 bridgehead atoms.